The zero-order chi connectivity index (χ0) is 20.2. The quantitative estimate of drug-likeness (QED) is 0.504. The molecule has 4 aromatic rings. The van der Waals surface area contributed by atoms with Crippen molar-refractivity contribution in [3.8, 4) is 22.5 Å². The lowest BCUT2D eigenvalue weighted by Gasteiger charge is -2.12. The van der Waals surface area contributed by atoms with Crippen LogP contribution in [0.1, 0.15) is 44.0 Å². The van der Waals surface area contributed by atoms with Crippen molar-refractivity contribution in [1.29, 1.82) is 0 Å². The summed E-state index contributed by atoms with van der Waals surface area (Å²) in [4.78, 5) is 12.2. The molecule has 8 heteroatoms. The van der Waals surface area contributed by atoms with E-state index in [2.05, 4.69) is 56.8 Å². The summed E-state index contributed by atoms with van der Waals surface area (Å²) in [5.41, 5.74) is 3.86. The second kappa shape index (κ2) is 8.22. The molecule has 2 aromatic heterocycles. The van der Waals surface area contributed by atoms with Crippen molar-refractivity contribution < 1.29 is 0 Å². The van der Waals surface area contributed by atoms with Crippen LogP contribution in [0.4, 0.5) is 0 Å². The number of nitrogens with zero attached hydrogens (tertiary/aromatic N) is 5. The van der Waals surface area contributed by atoms with E-state index in [1.807, 2.05) is 36.4 Å². The van der Waals surface area contributed by atoms with Gasteiger partial charge in [0.1, 0.15) is 5.82 Å². The zero-order valence-corrected chi connectivity index (χ0v) is 16.5. The molecule has 2 N–H and O–H groups in total. The van der Waals surface area contributed by atoms with Crippen molar-refractivity contribution in [1.82, 2.24) is 35.4 Å². The number of rotatable bonds is 7. The summed E-state index contributed by atoms with van der Waals surface area (Å²) < 4.78 is 1.72. The molecule has 2 heterocycles. The second-order valence-corrected chi connectivity index (χ2v) is 7.14. The summed E-state index contributed by atoms with van der Waals surface area (Å²) in [5.74, 6) is 1.60. The highest BCUT2D eigenvalue weighted by Gasteiger charge is 2.15. The number of aromatic nitrogens is 7. The predicted molar refractivity (Wildman–Crippen MR) is 110 cm³/mol. The number of hydrogen-bond acceptors (Lipinski definition) is 5. The summed E-state index contributed by atoms with van der Waals surface area (Å²) in [6, 6.07) is 16.1. The van der Waals surface area contributed by atoms with Gasteiger partial charge in [0, 0.05) is 11.5 Å². The number of nitrogens with one attached hydrogen (secondary N) is 2. The van der Waals surface area contributed by atoms with Crippen LogP contribution in [-0.2, 0) is 6.54 Å². The van der Waals surface area contributed by atoms with Gasteiger partial charge in [0.2, 0.25) is 5.82 Å². The molecule has 2 aromatic carbocycles. The van der Waals surface area contributed by atoms with Gasteiger partial charge in [0.15, 0.2) is 0 Å². The predicted octanol–water partition coefficient (Wildman–Crippen LogP) is 3.37. The van der Waals surface area contributed by atoms with Gasteiger partial charge in [-0.3, -0.25) is 4.57 Å². The van der Waals surface area contributed by atoms with Crippen LogP contribution in [0.2, 0.25) is 0 Å². The normalized spacial score (nSPS) is 12.2. The SMILES string of the molecule is CCCC(C)c1n[nH]c(=O)n1Cc1ccc(-c2ccccc2-c2nn[nH]n2)cc1. The molecule has 4 rings (SSSR count). The number of hydrogen-bond donors (Lipinski definition) is 2. The maximum Gasteiger partial charge on any atom is 0.343 e. The Morgan fingerprint density at radius 1 is 1.03 bits per heavy atom. The highest BCUT2D eigenvalue weighted by Crippen LogP contribution is 2.29. The third kappa shape index (κ3) is 3.87. The van der Waals surface area contributed by atoms with Gasteiger partial charge in [-0.2, -0.15) is 10.3 Å². The smallest absolute Gasteiger partial charge is 0.274 e. The molecule has 1 unspecified atom stereocenters. The first-order valence-corrected chi connectivity index (χ1v) is 9.74. The fraction of sp³-hybridized carbons (Fsp3) is 0.286. The summed E-state index contributed by atoms with van der Waals surface area (Å²) in [6.45, 7) is 4.73. The maximum atomic E-state index is 12.2. The second-order valence-electron chi connectivity index (χ2n) is 7.14. The summed E-state index contributed by atoms with van der Waals surface area (Å²) in [6.07, 6.45) is 2.05. The minimum Gasteiger partial charge on any atom is -0.274 e. The van der Waals surface area contributed by atoms with Gasteiger partial charge in [0.25, 0.3) is 0 Å². The first-order chi connectivity index (χ1) is 14.2. The molecular weight excluding hydrogens is 366 g/mol. The van der Waals surface area contributed by atoms with E-state index in [-0.39, 0.29) is 11.6 Å². The van der Waals surface area contributed by atoms with E-state index in [4.69, 9.17) is 0 Å². The van der Waals surface area contributed by atoms with Crippen molar-refractivity contribution in [3.63, 3.8) is 0 Å². The molecule has 0 saturated carbocycles. The van der Waals surface area contributed by atoms with E-state index in [1.54, 1.807) is 4.57 Å². The topological polar surface area (TPSA) is 105 Å². The van der Waals surface area contributed by atoms with Gasteiger partial charge >= 0.3 is 5.69 Å². The van der Waals surface area contributed by atoms with Gasteiger partial charge < -0.3 is 0 Å². The van der Waals surface area contributed by atoms with Crippen molar-refractivity contribution in [2.45, 2.75) is 39.2 Å². The molecule has 0 spiro atoms. The molecule has 29 heavy (non-hydrogen) atoms. The minimum absolute atomic E-state index is 0.172. The Kier molecular flexibility index (Phi) is 5.33. The summed E-state index contributed by atoms with van der Waals surface area (Å²) >= 11 is 0. The maximum absolute atomic E-state index is 12.2. The number of benzene rings is 2. The van der Waals surface area contributed by atoms with Crippen LogP contribution in [-0.4, -0.2) is 35.4 Å². The fourth-order valence-electron chi connectivity index (χ4n) is 3.60. The number of H-pyrrole nitrogens is 2. The van der Waals surface area contributed by atoms with Crippen LogP contribution in [0.5, 0.6) is 0 Å². The van der Waals surface area contributed by atoms with Crippen LogP contribution in [0.15, 0.2) is 53.3 Å². The van der Waals surface area contributed by atoms with Crippen molar-refractivity contribution >= 4 is 0 Å². The van der Waals surface area contributed by atoms with Crippen LogP contribution >= 0.6 is 0 Å². The first kappa shape index (κ1) is 18.8. The Morgan fingerprint density at radius 3 is 2.48 bits per heavy atom. The summed E-state index contributed by atoms with van der Waals surface area (Å²) in [7, 11) is 0. The Bertz CT molecular complexity index is 1130. The Balaban J connectivity index is 1.61. The molecule has 148 valence electrons. The van der Waals surface area contributed by atoms with Crippen molar-refractivity contribution in [2.24, 2.45) is 0 Å². The third-order valence-corrected chi connectivity index (χ3v) is 5.07. The standard InChI is InChI=1S/C21H23N7O/c1-3-6-14(2)20-24-25-21(29)28(20)13-15-9-11-16(12-10-15)17-7-4-5-8-18(17)19-22-26-27-23-19/h4-5,7-12,14H,3,6,13H2,1-2H3,(H,25,29)(H,22,23,26,27). The lowest BCUT2D eigenvalue weighted by Crippen LogP contribution is -2.20. The zero-order valence-electron chi connectivity index (χ0n) is 16.5. The van der Waals surface area contributed by atoms with Crippen LogP contribution < -0.4 is 5.69 Å². The number of tetrazole rings is 1. The largest absolute Gasteiger partial charge is 0.343 e. The van der Waals surface area contributed by atoms with E-state index in [0.29, 0.717) is 12.4 Å². The Hall–Kier alpha value is -3.55. The van der Waals surface area contributed by atoms with E-state index in [0.717, 1.165) is 40.9 Å². The average molecular weight is 389 g/mol. The van der Waals surface area contributed by atoms with Gasteiger partial charge in [-0.1, -0.05) is 68.8 Å². The molecule has 0 amide bonds. The fourth-order valence-corrected chi connectivity index (χ4v) is 3.60. The molecule has 0 aliphatic rings. The van der Waals surface area contributed by atoms with Gasteiger partial charge in [-0.15, -0.1) is 10.2 Å². The molecule has 0 saturated heterocycles. The molecule has 8 nitrogen and oxygen atoms in total. The average Bonchev–Trinajstić information content (AvgIpc) is 3.40. The lowest BCUT2D eigenvalue weighted by molar-refractivity contribution is 0.580. The Morgan fingerprint density at radius 2 is 1.79 bits per heavy atom. The third-order valence-electron chi connectivity index (χ3n) is 5.07. The monoisotopic (exact) mass is 389 g/mol. The molecule has 0 aliphatic heterocycles. The molecule has 0 radical (unpaired) electrons. The lowest BCUT2D eigenvalue weighted by atomic mass is 9.98. The van der Waals surface area contributed by atoms with Gasteiger partial charge in [-0.25, -0.2) is 9.89 Å². The van der Waals surface area contributed by atoms with E-state index < -0.39 is 0 Å². The first-order valence-electron chi connectivity index (χ1n) is 9.74. The van der Waals surface area contributed by atoms with Crippen LogP contribution in [0.25, 0.3) is 22.5 Å². The molecule has 0 aliphatic carbocycles. The van der Waals surface area contributed by atoms with E-state index in [9.17, 15) is 4.79 Å². The van der Waals surface area contributed by atoms with Crippen LogP contribution in [0.3, 0.4) is 0 Å². The molecule has 0 fully saturated rings. The highest BCUT2D eigenvalue weighted by atomic mass is 16.1. The van der Waals surface area contributed by atoms with Crippen LogP contribution in [0, 0.1) is 0 Å². The summed E-state index contributed by atoms with van der Waals surface area (Å²) in [5, 5.41) is 21.2. The minimum atomic E-state index is -0.172. The number of aromatic amines is 2. The molecular formula is C21H23N7O. The van der Waals surface area contributed by atoms with Gasteiger partial charge in [0.05, 0.1) is 6.54 Å². The van der Waals surface area contributed by atoms with Crippen molar-refractivity contribution in [2.75, 3.05) is 0 Å². The van der Waals surface area contributed by atoms with Crippen molar-refractivity contribution in [3.05, 3.63) is 70.4 Å². The van der Waals surface area contributed by atoms with E-state index in [1.165, 1.54) is 0 Å². The molecule has 1 atom stereocenters. The van der Waals surface area contributed by atoms with E-state index >= 15 is 0 Å². The van der Waals surface area contributed by atoms with Gasteiger partial charge in [-0.05, 0) is 28.3 Å². The Labute approximate surface area is 168 Å². The molecule has 0 bridgehead atoms. The highest BCUT2D eigenvalue weighted by molar-refractivity contribution is 5.80.